The zero-order valence-electron chi connectivity index (χ0n) is 48.9. The minimum absolute atomic E-state index is 1.07. The molecule has 0 bridgehead atoms. The van der Waals surface area contributed by atoms with Crippen molar-refractivity contribution < 1.29 is 0 Å². The standard InChI is InChI=1S/C86H59N3/c1-7-23-60(24-8-1)68-45-53-78-82(57-68)83-58-77(87(69-31-11-3-12-32-69)70-33-13-4-14-34-70)52-54-79(83)86-84(65-43-48-74(49-44-65)89(72-37-17-6-18-38-72)76-51-40-62-26-20-22-30-67(62)56-76)80(63-27-9-2-10-28-63)59-81(85(78)86)64-41-46-73(47-42-64)88(71-35-15-5-16-36-71)75-50-39-61-25-19-21-29-66(61)55-75/h1-59H. The molecule has 0 unspecified atom stereocenters. The van der Waals surface area contributed by atoms with Crippen molar-refractivity contribution in [3.05, 3.63) is 358 Å². The van der Waals surface area contributed by atoms with Gasteiger partial charge in [-0.3, -0.25) is 0 Å². The molecule has 3 nitrogen and oxygen atoms in total. The molecular weight excluding hydrogens is 1070 g/mol. The molecule has 89 heavy (non-hydrogen) atoms. The molecule has 0 aliphatic heterocycles. The molecule has 0 spiro atoms. The van der Waals surface area contributed by atoms with Crippen LogP contribution in [0.4, 0.5) is 51.2 Å². The third kappa shape index (κ3) is 9.87. The van der Waals surface area contributed by atoms with Crippen LogP contribution in [0.15, 0.2) is 358 Å². The number of hydrogen-bond acceptors (Lipinski definition) is 3. The number of para-hydroxylation sites is 4. The molecule has 16 aromatic rings. The highest BCUT2D eigenvalue weighted by Gasteiger charge is 2.25. The topological polar surface area (TPSA) is 9.72 Å². The SMILES string of the molecule is c1ccc(-c2ccc3c(c2)c2cc(N(c4ccccc4)c4ccccc4)ccc2c2c(-c4ccc(N(c5ccccc5)c5ccc6ccccc6c5)cc4)c(-c4ccccc4)cc(-c4ccc(N(c5ccccc5)c5ccc6ccccc6c5)cc4)c32)cc1. The molecule has 0 saturated heterocycles. The smallest absolute Gasteiger partial charge is 0.0468 e. The highest BCUT2D eigenvalue weighted by atomic mass is 15.2. The van der Waals surface area contributed by atoms with Crippen molar-refractivity contribution in [1.29, 1.82) is 0 Å². The lowest BCUT2D eigenvalue weighted by atomic mass is 9.81. The Morgan fingerprint density at radius 3 is 0.966 bits per heavy atom. The van der Waals surface area contributed by atoms with E-state index < -0.39 is 0 Å². The summed E-state index contributed by atoms with van der Waals surface area (Å²) in [6, 6.07) is 131. The van der Waals surface area contributed by atoms with Gasteiger partial charge in [-0.2, -0.15) is 0 Å². The molecule has 0 N–H and O–H groups in total. The van der Waals surface area contributed by atoms with Crippen molar-refractivity contribution in [2.75, 3.05) is 14.7 Å². The summed E-state index contributed by atoms with van der Waals surface area (Å²) >= 11 is 0. The molecule has 0 aliphatic carbocycles. The van der Waals surface area contributed by atoms with E-state index in [2.05, 4.69) is 373 Å². The number of fused-ring (bicyclic) bond motifs is 8. The van der Waals surface area contributed by atoms with Gasteiger partial charge in [-0.25, -0.2) is 0 Å². The number of nitrogens with zero attached hydrogens (tertiary/aromatic N) is 3. The van der Waals surface area contributed by atoms with Gasteiger partial charge in [-0.15, -0.1) is 0 Å². The van der Waals surface area contributed by atoms with E-state index in [1.54, 1.807) is 0 Å². The first kappa shape index (κ1) is 52.7. The Kier molecular flexibility index (Phi) is 13.6. The minimum atomic E-state index is 1.07. The Labute approximate surface area is 519 Å². The Balaban J connectivity index is 0.980. The first-order valence-corrected chi connectivity index (χ1v) is 30.6. The molecule has 0 aromatic heterocycles. The Morgan fingerprint density at radius 1 is 0.157 bits per heavy atom. The molecule has 0 radical (unpaired) electrons. The van der Waals surface area contributed by atoms with Crippen LogP contribution in [-0.4, -0.2) is 0 Å². The molecule has 418 valence electrons. The van der Waals surface area contributed by atoms with Crippen molar-refractivity contribution in [2.24, 2.45) is 0 Å². The zero-order valence-corrected chi connectivity index (χ0v) is 48.9. The predicted molar refractivity (Wildman–Crippen MR) is 380 cm³/mol. The maximum atomic E-state index is 2.48. The van der Waals surface area contributed by atoms with Crippen molar-refractivity contribution in [2.45, 2.75) is 0 Å². The average Bonchev–Trinajstić information content (AvgIpc) is 0.816. The molecule has 0 fully saturated rings. The van der Waals surface area contributed by atoms with E-state index >= 15 is 0 Å². The van der Waals surface area contributed by atoms with Gasteiger partial charge < -0.3 is 14.7 Å². The van der Waals surface area contributed by atoms with Gasteiger partial charge >= 0.3 is 0 Å². The Bertz CT molecular complexity index is 5170. The van der Waals surface area contributed by atoms with E-state index in [4.69, 9.17) is 0 Å². The second-order valence-corrected chi connectivity index (χ2v) is 22.8. The van der Waals surface area contributed by atoms with Gasteiger partial charge in [0.15, 0.2) is 0 Å². The highest BCUT2D eigenvalue weighted by molar-refractivity contribution is 6.33. The predicted octanol–water partition coefficient (Wildman–Crippen LogP) is 24.5. The van der Waals surface area contributed by atoms with Gasteiger partial charge in [0, 0.05) is 51.2 Å². The normalized spacial score (nSPS) is 11.4. The van der Waals surface area contributed by atoms with Crippen LogP contribution in [0.5, 0.6) is 0 Å². The quantitative estimate of drug-likeness (QED) is 0.107. The summed E-state index contributed by atoms with van der Waals surface area (Å²) in [7, 11) is 0. The second-order valence-electron chi connectivity index (χ2n) is 22.8. The number of anilines is 9. The number of hydrogen-bond donors (Lipinski definition) is 0. The van der Waals surface area contributed by atoms with E-state index in [-0.39, 0.29) is 0 Å². The van der Waals surface area contributed by atoms with Crippen LogP contribution in [0.25, 0.3) is 98.4 Å². The maximum absolute atomic E-state index is 2.48. The fourth-order valence-corrected chi connectivity index (χ4v) is 13.4. The molecule has 3 heteroatoms. The van der Waals surface area contributed by atoms with E-state index in [0.29, 0.717) is 0 Å². The molecule has 0 heterocycles. The third-order valence-electron chi connectivity index (χ3n) is 17.5. The summed E-state index contributed by atoms with van der Waals surface area (Å²) in [6.07, 6.45) is 0. The van der Waals surface area contributed by atoms with Crippen molar-refractivity contribution in [1.82, 2.24) is 0 Å². The molecule has 16 rings (SSSR count). The van der Waals surface area contributed by atoms with Gasteiger partial charge in [0.1, 0.15) is 0 Å². The zero-order chi connectivity index (χ0) is 59.0. The Hall–Kier alpha value is -11.8. The van der Waals surface area contributed by atoms with Crippen LogP contribution < -0.4 is 14.7 Å². The van der Waals surface area contributed by atoms with Gasteiger partial charge in [0.25, 0.3) is 0 Å². The van der Waals surface area contributed by atoms with Crippen molar-refractivity contribution in [3.63, 3.8) is 0 Å². The molecular formula is C86H59N3. The summed E-state index contributed by atoms with van der Waals surface area (Å²) in [5, 5.41) is 11.9. The molecule has 0 saturated carbocycles. The van der Waals surface area contributed by atoms with Crippen molar-refractivity contribution >= 4 is 105 Å². The fourth-order valence-electron chi connectivity index (χ4n) is 13.4. The molecule has 0 amide bonds. The van der Waals surface area contributed by atoms with Gasteiger partial charge in [0.2, 0.25) is 0 Å². The molecule has 0 atom stereocenters. The van der Waals surface area contributed by atoms with E-state index in [9.17, 15) is 0 Å². The lowest BCUT2D eigenvalue weighted by molar-refractivity contribution is 1.29. The van der Waals surface area contributed by atoms with E-state index in [1.165, 1.54) is 70.6 Å². The summed E-state index contributed by atoms with van der Waals surface area (Å²) in [5.41, 5.74) is 19.0. The van der Waals surface area contributed by atoms with Crippen LogP contribution in [0, 0.1) is 0 Å². The van der Waals surface area contributed by atoms with Crippen LogP contribution in [-0.2, 0) is 0 Å². The van der Waals surface area contributed by atoms with E-state index in [0.717, 1.165) is 79.0 Å². The summed E-state index contributed by atoms with van der Waals surface area (Å²) < 4.78 is 0. The average molecular weight is 1130 g/mol. The monoisotopic (exact) mass is 1130 g/mol. The summed E-state index contributed by atoms with van der Waals surface area (Å²) in [4.78, 5) is 7.13. The third-order valence-corrected chi connectivity index (χ3v) is 17.5. The lowest BCUT2D eigenvalue weighted by Crippen LogP contribution is -2.10. The lowest BCUT2D eigenvalue weighted by Gasteiger charge is -2.28. The minimum Gasteiger partial charge on any atom is -0.310 e. The van der Waals surface area contributed by atoms with Gasteiger partial charge in [-0.1, -0.05) is 237 Å². The largest absolute Gasteiger partial charge is 0.310 e. The van der Waals surface area contributed by atoms with Crippen LogP contribution >= 0.6 is 0 Å². The van der Waals surface area contributed by atoms with Gasteiger partial charge in [0.05, 0.1) is 0 Å². The van der Waals surface area contributed by atoms with Crippen LogP contribution in [0.3, 0.4) is 0 Å². The molecule has 0 aliphatic rings. The molecule has 16 aromatic carbocycles. The first-order chi connectivity index (χ1) is 44.1. The maximum Gasteiger partial charge on any atom is 0.0468 e. The first-order valence-electron chi connectivity index (χ1n) is 30.6. The van der Waals surface area contributed by atoms with Crippen LogP contribution in [0.1, 0.15) is 0 Å². The summed E-state index contributed by atoms with van der Waals surface area (Å²) in [5.74, 6) is 0. The highest BCUT2D eigenvalue weighted by Crippen LogP contribution is 2.52. The summed E-state index contributed by atoms with van der Waals surface area (Å²) in [6.45, 7) is 0. The number of benzene rings is 16. The van der Waals surface area contributed by atoms with E-state index in [1.807, 2.05) is 0 Å². The second kappa shape index (κ2) is 22.9. The van der Waals surface area contributed by atoms with Gasteiger partial charge in [-0.05, 0) is 220 Å². The fraction of sp³-hybridized carbons (Fsp3) is 0. The number of rotatable bonds is 13. The van der Waals surface area contributed by atoms with Crippen molar-refractivity contribution in [3.8, 4) is 44.5 Å². The van der Waals surface area contributed by atoms with Crippen LogP contribution in [0.2, 0.25) is 0 Å². The Morgan fingerprint density at radius 2 is 0.483 bits per heavy atom.